The van der Waals surface area contributed by atoms with Crippen molar-refractivity contribution in [2.45, 2.75) is 25.9 Å². The van der Waals surface area contributed by atoms with Crippen molar-refractivity contribution in [1.29, 1.82) is 0 Å². The van der Waals surface area contributed by atoms with E-state index in [0.717, 1.165) is 58.1 Å². The van der Waals surface area contributed by atoms with Crippen LogP contribution in [0.2, 0.25) is 0 Å². The number of aryl methyl sites for hydroxylation is 1. The van der Waals surface area contributed by atoms with Crippen molar-refractivity contribution < 1.29 is 14.2 Å². The van der Waals surface area contributed by atoms with Crippen LogP contribution in [0.1, 0.15) is 23.7 Å². The second-order valence-corrected chi connectivity index (χ2v) is 7.67. The van der Waals surface area contributed by atoms with Crippen LogP contribution in [-0.4, -0.2) is 34.8 Å². The van der Waals surface area contributed by atoms with Gasteiger partial charge in [0.25, 0.3) is 0 Å². The number of fused-ring (bicyclic) bond motifs is 1. The fourth-order valence-corrected chi connectivity index (χ4v) is 4.26. The molecule has 7 nitrogen and oxygen atoms in total. The van der Waals surface area contributed by atoms with Crippen LogP contribution in [0.3, 0.4) is 0 Å². The zero-order valence-electron chi connectivity index (χ0n) is 15.0. The molecule has 0 saturated carbocycles. The van der Waals surface area contributed by atoms with E-state index in [1.54, 1.807) is 11.3 Å². The summed E-state index contributed by atoms with van der Waals surface area (Å²) in [5.74, 6) is 1.60. The molecule has 27 heavy (non-hydrogen) atoms. The molecule has 0 aliphatic carbocycles. The van der Waals surface area contributed by atoms with Gasteiger partial charge in [-0.05, 0) is 37.1 Å². The summed E-state index contributed by atoms with van der Waals surface area (Å²) in [6.45, 7) is 4.55. The van der Waals surface area contributed by atoms with Gasteiger partial charge in [0.2, 0.25) is 6.79 Å². The molecule has 1 atom stereocenters. The van der Waals surface area contributed by atoms with Gasteiger partial charge in [-0.25, -0.2) is 4.98 Å². The first kappa shape index (κ1) is 16.6. The number of anilines is 1. The Hall–Kier alpha value is -2.58. The van der Waals surface area contributed by atoms with Crippen molar-refractivity contribution in [3.8, 4) is 22.1 Å². The number of nitrogens with zero attached hydrogens (tertiary/aromatic N) is 3. The number of rotatable bonds is 5. The molecule has 1 aromatic carbocycles. The molecule has 8 heteroatoms. The van der Waals surface area contributed by atoms with Gasteiger partial charge in [0.05, 0.1) is 23.2 Å². The number of hydrogen-bond donors (Lipinski definition) is 1. The third-order valence-corrected chi connectivity index (χ3v) is 5.94. The van der Waals surface area contributed by atoms with Crippen LogP contribution in [0.5, 0.6) is 11.5 Å². The highest BCUT2D eigenvalue weighted by molar-refractivity contribution is 7.19. The molecule has 1 N–H and O–H groups in total. The fraction of sp³-hybridized carbons (Fsp3) is 0.368. The number of thiazole rings is 1. The molecule has 1 saturated heterocycles. The molecule has 0 radical (unpaired) electrons. The first-order valence-corrected chi connectivity index (χ1v) is 9.81. The molecule has 2 aliphatic heterocycles. The van der Waals surface area contributed by atoms with Gasteiger partial charge < -0.3 is 19.5 Å². The Balaban J connectivity index is 1.29. The highest BCUT2D eigenvalue weighted by Crippen LogP contribution is 2.34. The van der Waals surface area contributed by atoms with Crippen LogP contribution in [0.15, 0.2) is 30.5 Å². The van der Waals surface area contributed by atoms with E-state index in [1.165, 1.54) is 0 Å². The lowest BCUT2D eigenvalue weighted by Crippen LogP contribution is -2.08. The van der Waals surface area contributed by atoms with E-state index in [2.05, 4.69) is 16.4 Å². The fourth-order valence-electron chi connectivity index (χ4n) is 3.33. The second kappa shape index (κ2) is 6.86. The number of ether oxygens (including phenoxy) is 3. The quantitative estimate of drug-likeness (QED) is 0.725. The lowest BCUT2D eigenvalue weighted by molar-refractivity contribution is 0.174. The van der Waals surface area contributed by atoms with E-state index >= 15 is 0 Å². The standard InChI is InChI=1S/C19H20N4O3S/c1-12-18(15-4-6-23(22-15)14-5-7-24-10-14)27-19(21-12)20-9-13-2-3-16-17(8-13)26-11-25-16/h2-4,6,8,14H,5,7,9-11H2,1H3,(H,20,21). The number of benzene rings is 1. The van der Waals surface area contributed by atoms with Gasteiger partial charge >= 0.3 is 0 Å². The Labute approximate surface area is 160 Å². The lowest BCUT2D eigenvalue weighted by Gasteiger charge is -2.06. The molecule has 0 spiro atoms. The zero-order chi connectivity index (χ0) is 18.2. The molecule has 140 valence electrons. The maximum Gasteiger partial charge on any atom is 0.231 e. The van der Waals surface area contributed by atoms with Gasteiger partial charge in [-0.2, -0.15) is 5.10 Å². The molecule has 1 unspecified atom stereocenters. The van der Waals surface area contributed by atoms with Crippen molar-refractivity contribution in [3.63, 3.8) is 0 Å². The normalized spacial score (nSPS) is 18.2. The molecule has 0 bridgehead atoms. The minimum Gasteiger partial charge on any atom is -0.454 e. The van der Waals surface area contributed by atoms with Gasteiger partial charge in [0.1, 0.15) is 5.69 Å². The zero-order valence-corrected chi connectivity index (χ0v) is 15.8. The summed E-state index contributed by atoms with van der Waals surface area (Å²) >= 11 is 1.63. The molecular formula is C19H20N4O3S. The largest absolute Gasteiger partial charge is 0.454 e. The van der Waals surface area contributed by atoms with E-state index in [9.17, 15) is 0 Å². The molecule has 2 aliphatic rings. The summed E-state index contributed by atoms with van der Waals surface area (Å²) in [4.78, 5) is 5.76. The highest BCUT2D eigenvalue weighted by Gasteiger charge is 2.20. The van der Waals surface area contributed by atoms with E-state index in [1.807, 2.05) is 36.0 Å². The van der Waals surface area contributed by atoms with Crippen molar-refractivity contribution in [1.82, 2.24) is 14.8 Å². The smallest absolute Gasteiger partial charge is 0.231 e. The summed E-state index contributed by atoms with van der Waals surface area (Å²) in [6, 6.07) is 8.38. The Morgan fingerprint density at radius 3 is 3.07 bits per heavy atom. The van der Waals surface area contributed by atoms with Crippen molar-refractivity contribution in [2.24, 2.45) is 0 Å². The predicted octanol–water partition coefficient (Wildman–Crippen LogP) is 3.62. The SMILES string of the molecule is Cc1nc(NCc2ccc3c(c2)OCO3)sc1-c1ccn(C2CCOC2)n1. The summed E-state index contributed by atoms with van der Waals surface area (Å²) in [5.41, 5.74) is 3.08. The monoisotopic (exact) mass is 384 g/mol. The molecule has 0 amide bonds. The van der Waals surface area contributed by atoms with E-state index in [0.29, 0.717) is 19.4 Å². The summed E-state index contributed by atoms with van der Waals surface area (Å²) in [7, 11) is 0. The average molecular weight is 384 g/mol. The topological polar surface area (TPSA) is 70.4 Å². The van der Waals surface area contributed by atoms with Crippen LogP contribution in [0.4, 0.5) is 5.13 Å². The number of aromatic nitrogens is 3. The first-order valence-electron chi connectivity index (χ1n) is 8.99. The van der Waals surface area contributed by atoms with Crippen molar-refractivity contribution in [3.05, 3.63) is 41.7 Å². The molecule has 2 aromatic heterocycles. The summed E-state index contributed by atoms with van der Waals surface area (Å²) < 4.78 is 18.3. The minimum atomic E-state index is 0.293. The van der Waals surface area contributed by atoms with Gasteiger partial charge in [0.15, 0.2) is 16.6 Å². The minimum absolute atomic E-state index is 0.293. The van der Waals surface area contributed by atoms with Crippen LogP contribution < -0.4 is 14.8 Å². The molecule has 1 fully saturated rings. The third-order valence-electron chi connectivity index (χ3n) is 4.80. The highest BCUT2D eigenvalue weighted by atomic mass is 32.1. The van der Waals surface area contributed by atoms with Crippen LogP contribution >= 0.6 is 11.3 Å². The summed E-state index contributed by atoms with van der Waals surface area (Å²) in [5, 5.41) is 9.03. The first-order chi connectivity index (χ1) is 13.3. The van der Waals surface area contributed by atoms with E-state index in [4.69, 9.17) is 19.3 Å². The van der Waals surface area contributed by atoms with Crippen molar-refractivity contribution in [2.75, 3.05) is 25.3 Å². The van der Waals surface area contributed by atoms with Gasteiger partial charge in [-0.1, -0.05) is 17.4 Å². The summed E-state index contributed by atoms with van der Waals surface area (Å²) in [6.07, 6.45) is 3.05. The Morgan fingerprint density at radius 1 is 1.26 bits per heavy atom. The van der Waals surface area contributed by atoms with Crippen LogP contribution in [-0.2, 0) is 11.3 Å². The number of nitrogens with one attached hydrogen (secondary N) is 1. The van der Waals surface area contributed by atoms with E-state index in [-0.39, 0.29) is 0 Å². The van der Waals surface area contributed by atoms with Gasteiger partial charge in [-0.3, -0.25) is 4.68 Å². The predicted molar refractivity (Wildman–Crippen MR) is 102 cm³/mol. The Morgan fingerprint density at radius 2 is 2.19 bits per heavy atom. The molecule has 3 aromatic rings. The van der Waals surface area contributed by atoms with Crippen molar-refractivity contribution >= 4 is 16.5 Å². The molecule has 5 rings (SSSR count). The molecular weight excluding hydrogens is 364 g/mol. The van der Waals surface area contributed by atoms with Gasteiger partial charge in [0, 0.05) is 19.3 Å². The third kappa shape index (κ3) is 3.26. The average Bonchev–Trinajstić information content (AvgIpc) is 3.44. The van der Waals surface area contributed by atoms with E-state index < -0.39 is 0 Å². The Kier molecular flexibility index (Phi) is 4.21. The van der Waals surface area contributed by atoms with Crippen LogP contribution in [0, 0.1) is 6.92 Å². The number of hydrogen-bond acceptors (Lipinski definition) is 7. The maximum atomic E-state index is 5.46. The Bertz CT molecular complexity index is 962. The van der Waals surface area contributed by atoms with Crippen LogP contribution in [0.25, 0.3) is 10.6 Å². The lowest BCUT2D eigenvalue weighted by atomic mass is 10.2. The molecule has 4 heterocycles. The second-order valence-electron chi connectivity index (χ2n) is 6.67. The van der Waals surface area contributed by atoms with Gasteiger partial charge in [-0.15, -0.1) is 0 Å². The maximum absolute atomic E-state index is 5.46.